The van der Waals surface area contributed by atoms with E-state index in [1.165, 1.54) is 23.1 Å². The van der Waals surface area contributed by atoms with Crippen LogP contribution in [-0.4, -0.2) is 32.0 Å². The average Bonchev–Trinajstić information content (AvgIpc) is 3.00. The van der Waals surface area contributed by atoms with Crippen molar-refractivity contribution >= 4 is 5.97 Å². The van der Waals surface area contributed by atoms with Crippen LogP contribution in [-0.2, 0) is 17.5 Å². The Labute approximate surface area is 168 Å². The van der Waals surface area contributed by atoms with Crippen molar-refractivity contribution in [3.63, 3.8) is 0 Å². The summed E-state index contributed by atoms with van der Waals surface area (Å²) in [6.45, 7) is 3.19. The van der Waals surface area contributed by atoms with E-state index in [9.17, 15) is 22.8 Å². The van der Waals surface area contributed by atoms with Crippen LogP contribution in [0.1, 0.15) is 22.3 Å². The molecular formula is C20H18F3N3O4. The Morgan fingerprint density at radius 1 is 1.13 bits per heavy atom. The van der Waals surface area contributed by atoms with Crippen molar-refractivity contribution in [1.29, 1.82) is 0 Å². The van der Waals surface area contributed by atoms with Gasteiger partial charge in [0, 0.05) is 0 Å². The van der Waals surface area contributed by atoms with Gasteiger partial charge in [-0.15, -0.1) is 0 Å². The molecule has 0 saturated heterocycles. The van der Waals surface area contributed by atoms with Gasteiger partial charge in [-0.3, -0.25) is 0 Å². The number of ether oxygens (including phenoxy) is 1. The van der Waals surface area contributed by atoms with E-state index in [4.69, 9.17) is 9.84 Å². The van der Waals surface area contributed by atoms with Crippen LogP contribution in [0.4, 0.5) is 13.2 Å². The van der Waals surface area contributed by atoms with E-state index in [1.54, 1.807) is 26.0 Å². The first-order valence-corrected chi connectivity index (χ1v) is 8.83. The molecule has 0 amide bonds. The third-order valence-electron chi connectivity index (χ3n) is 4.40. The minimum absolute atomic E-state index is 0.132. The number of rotatable bonds is 6. The highest BCUT2D eigenvalue weighted by Crippen LogP contribution is 2.29. The molecule has 0 aliphatic heterocycles. The summed E-state index contributed by atoms with van der Waals surface area (Å²) in [5.74, 6) is -0.623. The van der Waals surface area contributed by atoms with E-state index >= 15 is 0 Å². The van der Waals surface area contributed by atoms with Crippen LogP contribution >= 0.6 is 0 Å². The smallest absolute Gasteiger partial charge is 0.416 e. The molecule has 10 heteroatoms. The molecule has 0 aliphatic carbocycles. The molecule has 0 saturated carbocycles. The Balaban J connectivity index is 1.83. The first kappa shape index (κ1) is 21.2. The molecule has 2 aromatic carbocycles. The normalized spacial score (nSPS) is 11.5. The molecular weight excluding hydrogens is 403 g/mol. The van der Waals surface area contributed by atoms with Gasteiger partial charge >= 0.3 is 17.8 Å². The summed E-state index contributed by atoms with van der Waals surface area (Å²) in [4.78, 5) is 23.3. The SMILES string of the molecule is Cc1cc(Cn2ncn(-c3ccc(C(F)(F)F)cc3)c2=O)cc(C)c1OCC(=O)O. The molecule has 158 valence electrons. The molecule has 7 nitrogen and oxygen atoms in total. The van der Waals surface area contributed by atoms with Gasteiger partial charge in [-0.25, -0.2) is 18.8 Å². The van der Waals surface area contributed by atoms with Crippen LogP contribution < -0.4 is 10.4 Å². The Hall–Kier alpha value is -3.56. The van der Waals surface area contributed by atoms with E-state index in [1.807, 2.05) is 0 Å². The summed E-state index contributed by atoms with van der Waals surface area (Å²) in [5.41, 5.74) is 1.12. The van der Waals surface area contributed by atoms with Crippen LogP contribution in [0, 0.1) is 13.8 Å². The zero-order valence-corrected chi connectivity index (χ0v) is 16.1. The molecule has 3 rings (SSSR count). The summed E-state index contributed by atoms with van der Waals surface area (Å²) >= 11 is 0. The molecule has 0 atom stereocenters. The van der Waals surface area contributed by atoms with Gasteiger partial charge in [0.2, 0.25) is 0 Å². The van der Waals surface area contributed by atoms with Crippen LogP contribution in [0.5, 0.6) is 5.75 Å². The molecule has 0 bridgehead atoms. The molecule has 30 heavy (non-hydrogen) atoms. The average molecular weight is 421 g/mol. The lowest BCUT2D eigenvalue weighted by atomic mass is 10.1. The van der Waals surface area contributed by atoms with Gasteiger partial charge in [-0.05, 0) is 54.8 Å². The minimum Gasteiger partial charge on any atom is -0.481 e. The maximum atomic E-state index is 12.7. The van der Waals surface area contributed by atoms with Gasteiger partial charge in [-0.2, -0.15) is 18.3 Å². The number of halogens is 3. The number of hydrogen-bond acceptors (Lipinski definition) is 4. The Morgan fingerprint density at radius 2 is 1.73 bits per heavy atom. The quantitative estimate of drug-likeness (QED) is 0.661. The van der Waals surface area contributed by atoms with Crippen molar-refractivity contribution in [3.8, 4) is 11.4 Å². The zero-order valence-electron chi connectivity index (χ0n) is 16.1. The number of aliphatic carboxylic acids is 1. The molecule has 0 fully saturated rings. The van der Waals surface area contributed by atoms with E-state index in [0.717, 1.165) is 22.3 Å². The van der Waals surface area contributed by atoms with Gasteiger partial charge < -0.3 is 9.84 Å². The summed E-state index contributed by atoms with van der Waals surface area (Å²) in [6, 6.07) is 7.74. The fourth-order valence-electron chi connectivity index (χ4n) is 3.10. The molecule has 1 aromatic heterocycles. The fourth-order valence-corrected chi connectivity index (χ4v) is 3.10. The molecule has 1 heterocycles. The first-order valence-electron chi connectivity index (χ1n) is 8.83. The summed E-state index contributed by atoms with van der Waals surface area (Å²) in [6.07, 6.45) is -3.21. The third kappa shape index (κ3) is 4.53. The Bertz CT molecular complexity index is 1110. The van der Waals surface area contributed by atoms with Gasteiger partial charge in [0.25, 0.3) is 0 Å². The number of benzene rings is 2. The molecule has 3 aromatic rings. The van der Waals surface area contributed by atoms with Crippen LogP contribution in [0.25, 0.3) is 5.69 Å². The van der Waals surface area contributed by atoms with Gasteiger partial charge in [0.1, 0.15) is 12.1 Å². The minimum atomic E-state index is -4.45. The maximum Gasteiger partial charge on any atom is 0.416 e. The van der Waals surface area contributed by atoms with E-state index in [2.05, 4.69) is 5.10 Å². The molecule has 0 unspecified atom stereocenters. The third-order valence-corrected chi connectivity index (χ3v) is 4.40. The summed E-state index contributed by atoms with van der Waals surface area (Å²) in [5, 5.41) is 12.8. The molecule has 0 radical (unpaired) electrons. The van der Waals surface area contributed by atoms with E-state index < -0.39 is 30.0 Å². The summed E-state index contributed by atoms with van der Waals surface area (Å²) < 4.78 is 45.7. The maximum absolute atomic E-state index is 12.7. The van der Waals surface area contributed by atoms with Gasteiger partial charge in [-0.1, -0.05) is 12.1 Å². The predicted molar refractivity (Wildman–Crippen MR) is 101 cm³/mol. The molecule has 0 spiro atoms. The topological polar surface area (TPSA) is 86.4 Å². The van der Waals surface area contributed by atoms with Gasteiger partial charge in [0.15, 0.2) is 6.61 Å². The largest absolute Gasteiger partial charge is 0.481 e. The second-order valence-electron chi connectivity index (χ2n) is 6.73. The first-order chi connectivity index (χ1) is 14.1. The van der Waals surface area contributed by atoms with Crippen molar-refractivity contribution in [1.82, 2.24) is 14.3 Å². The highest BCUT2D eigenvalue weighted by atomic mass is 19.4. The molecule has 0 aliphatic rings. The van der Waals surface area contributed by atoms with Gasteiger partial charge in [0.05, 0.1) is 17.8 Å². The number of alkyl halides is 3. The van der Waals surface area contributed by atoms with Crippen molar-refractivity contribution in [2.45, 2.75) is 26.6 Å². The number of carbonyl (C=O) groups is 1. The standard InChI is InChI=1S/C20H18F3N3O4/c1-12-7-14(8-13(2)18(12)30-10-17(27)28)9-26-19(29)25(11-24-26)16-5-3-15(4-6-16)20(21,22)23/h3-8,11H,9-10H2,1-2H3,(H,27,28). The number of aromatic nitrogens is 3. The van der Waals surface area contributed by atoms with Crippen LogP contribution in [0.2, 0.25) is 0 Å². The Morgan fingerprint density at radius 3 is 2.27 bits per heavy atom. The van der Waals surface area contributed by atoms with E-state index in [-0.39, 0.29) is 12.2 Å². The number of aryl methyl sites for hydroxylation is 2. The lowest BCUT2D eigenvalue weighted by Gasteiger charge is -2.12. The van der Waals surface area contributed by atoms with Crippen molar-refractivity contribution in [2.75, 3.05) is 6.61 Å². The monoisotopic (exact) mass is 421 g/mol. The van der Waals surface area contributed by atoms with Crippen LogP contribution in [0.3, 0.4) is 0 Å². The van der Waals surface area contributed by atoms with Crippen molar-refractivity contribution < 1.29 is 27.8 Å². The second-order valence-corrected chi connectivity index (χ2v) is 6.73. The highest BCUT2D eigenvalue weighted by Gasteiger charge is 2.30. The zero-order chi connectivity index (χ0) is 22.1. The highest BCUT2D eigenvalue weighted by molar-refractivity contribution is 5.68. The van der Waals surface area contributed by atoms with Crippen LogP contribution in [0.15, 0.2) is 47.5 Å². The summed E-state index contributed by atoms with van der Waals surface area (Å²) in [7, 11) is 0. The van der Waals surface area contributed by atoms with Crippen molar-refractivity contribution in [3.05, 3.63) is 75.5 Å². The fraction of sp³-hybridized carbons (Fsp3) is 0.250. The number of nitrogens with zero attached hydrogens (tertiary/aromatic N) is 3. The Kier molecular flexibility index (Phi) is 5.68. The lowest BCUT2D eigenvalue weighted by Crippen LogP contribution is -2.24. The second kappa shape index (κ2) is 8.05. The number of hydrogen-bond donors (Lipinski definition) is 1. The number of carboxylic acid groups (broad SMARTS) is 1. The molecule has 1 N–H and O–H groups in total. The predicted octanol–water partition coefficient (Wildman–Crippen LogP) is 3.18. The van der Waals surface area contributed by atoms with E-state index in [0.29, 0.717) is 16.9 Å². The lowest BCUT2D eigenvalue weighted by molar-refractivity contribution is -0.139. The number of carboxylic acids is 1. The van der Waals surface area contributed by atoms with Crippen molar-refractivity contribution in [2.24, 2.45) is 0 Å².